The van der Waals surface area contributed by atoms with Crippen molar-refractivity contribution in [2.75, 3.05) is 29.5 Å². The first-order valence-corrected chi connectivity index (χ1v) is 12.0. The third kappa shape index (κ3) is 4.93. The van der Waals surface area contributed by atoms with Gasteiger partial charge in [0.15, 0.2) is 0 Å². The van der Waals surface area contributed by atoms with Crippen LogP contribution in [0.3, 0.4) is 0 Å². The summed E-state index contributed by atoms with van der Waals surface area (Å²) in [5, 5.41) is 5.73. The Morgan fingerprint density at radius 3 is 2.78 bits per heavy atom. The summed E-state index contributed by atoms with van der Waals surface area (Å²) in [6.45, 7) is 2.73. The van der Waals surface area contributed by atoms with Crippen LogP contribution in [0.4, 0.5) is 15.8 Å². The third-order valence-electron chi connectivity index (χ3n) is 5.63. The molecule has 0 saturated heterocycles. The van der Waals surface area contributed by atoms with Gasteiger partial charge < -0.3 is 19.7 Å². The summed E-state index contributed by atoms with van der Waals surface area (Å²) in [4.78, 5) is 12.8. The average Bonchev–Trinajstić information content (AvgIpc) is 3.52. The summed E-state index contributed by atoms with van der Waals surface area (Å²) in [7, 11) is 1.83. The predicted octanol–water partition coefficient (Wildman–Crippen LogP) is 5.19. The summed E-state index contributed by atoms with van der Waals surface area (Å²) in [6.07, 6.45) is 8.37. The molecule has 0 unspecified atom stereocenters. The number of hydrogen-bond acceptors (Lipinski definition) is 5. The van der Waals surface area contributed by atoms with Crippen molar-refractivity contribution in [3.63, 3.8) is 0 Å². The molecular formula is C25H28FN3O2S. The van der Waals surface area contributed by atoms with Crippen LogP contribution < -0.4 is 19.7 Å². The Kier molecular flexibility index (Phi) is 6.74. The van der Waals surface area contributed by atoms with E-state index in [1.54, 1.807) is 24.1 Å². The monoisotopic (exact) mass is 453 g/mol. The van der Waals surface area contributed by atoms with Gasteiger partial charge in [-0.1, -0.05) is 24.1 Å². The molecule has 1 saturated carbocycles. The number of anilines is 2. The minimum atomic E-state index is -0.458. The fourth-order valence-corrected chi connectivity index (χ4v) is 4.54. The molecule has 1 fully saturated rings. The highest BCUT2D eigenvalue weighted by Gasteiger charge is 2.31. The van der Waals surface area contributed by atoms with E-state index in [1.165, 1.54) is 12.1 Å². The van der Waals surface area contributed by atoms with Gasteiger partial charge >= 0.3 is 0 Å². The number of benzene rings is 2. The van der Waals surface area contributed by atoms with E-state index in [0.29, 0.717) is 11.7 Å². The molecule has 2 aromatic rings. The molecule has 0 spiro atoms. The van der Waals surface area contributed by atoms with Crippen LogP contribution >= 0.6 is 11.9 Å². The molecule has 1 heterocycles. The third-order valence-corrected chi connectivity index (χ3v) is 6.45. The number of allylic oxidation sites excluding steroid dienone is 1. The zero-order valence-electron chi connectivity index (χ0n) is 18.6. The lowest BCUT2D eigenvalue weighted by molar-refractivity contribution is -0.112. The largest absolute Gasteiger partial charge is 0.456 e. The fraction of sp³-hybridized carbons (Fsp3) is 0.320. The van der Waals surface area contributed by atoms with Gasteiger partial charge in [0, 0.05) is 43.3 Å². The number of hydrogen-bond donors (Lipinski definition) is 2. The number of rotatable bonds is 8. The van der Waals surface area contributed by atoms with Crippen LogP contribution in [0, 0.1) is 18.7 Å². The quantitative estimate of drug-likeness (QED) is 0.249. The second-order valence-corrected chi connectivity index (χ2v) is 8.84. The molecular weight excluding hydrogens is 425 g/mol. The van der Waals surface area contributed by atoms with Gasteiger partial charge in [-0.05, 0) is 61.9 Å². The number of ether oxygens (including phenoxy) is 1. The van der Waals surface area contributed by atoms with Gasteiger partial charge in [-0.2, -0.15) is 0 Å². The highest BCUT2D eigenvalue weighted by atomic mass is 32.2. The van der Waals surface area contributed by atoms with E-state index in [1.807, 2.05) is 32.3 Å². The Morgan fingerprint density at radius 1 is 1.28 bits per heavy atom. The SMILES string of the molecule is CN/C=C(\C(=C/C(=O)Nc1ccc(C)cc1F)Oc1cccc2c1CCN2SC)C1CC1. The molecule has 2 aliphatic rings. The van der Waals surface area contributed by atoms with Crippen molar-refractivity contribution in [1.82, 2.24) is 5.32 Å². The molecule has 0 radical (unpaired) electrons. The predicted molar refractivity (Wildman–Crippen MR) is 129 cm³/mol. The van der Waals surface area contributed by atoms with Gasteiger partial charge in [-0.15, -0.1) is 0 Å². The maximum absolute atomic E-state index is 14.2. The number of fused-ring (bicyclic) bond motifs is 1. The average molecular weight is 454 g/mol. The van der Waals surface area contributed by atoms with Gasteiger partial charge in [-0.25, -0.2) is 4.39 Å². The zero-order valence-corrected chi connectivity index (χ0v) is 19.4. The lowest BCUT2D eigenvalue weighted by Gasteiger charge is -2.18. The standard InChI is InChI=1S/C25H28FN3O2S/c1-16-7-10-21(20(26)13-16)28-25(30)14-24(19(15-27-2)17-8-9-17)31-23-6-4-5-22-18(23)11-12-29(22)32-3/h4-7,10,13-15,17,27H,8-9,11-12H2,1-3H3,(H,28,30)/b19-15-,24-14+. The van der Waals surface area contributed by atoms with Crippen LogP contribution in [-0.2, 0) is 11.2 Å². The number of nitrogens with one attached hydrogen (secondary N) is 2. The summed E-state index contributed by atoms with van der Waals surface area (Å²) in [6, 6.07) is 10.7. The van der Waals surface area contributed by atoms with Crippen LogP contribution in [0.5, 0.6) is 5.75 Å². The van der Waals surface area contributed by atoms with E-state index >= 15 is 0 Å². The minimum Gasteiger partial charge on any atom is -0.456 e. The van der Waals surface area contributed by atoms with Gasteiger partial charge in [0.05, 0.1) is 11.4 Å². The molecule has 0 aromatic heterocycles. The van der Waals surface area contributed by atoms with Gasteiger partial charge in [0.2, 0.25) is 0 Å². The van der Waals surface area contributed by atoms with Crippen molar-refractivity contribution in [3.05, 3.63) is 77.0 Å². The van der Waals surface area contributed by atoms with Crippen molar-refractivity contribution in [1.29, 1.82) is 0 Å². The Bertz CT molecular complexity index is 1080. The molecule has 4 rings (SSSR count). The summed E-state index contributed by atoms with van der Waals surface area (Å²) in [5.74, 6) is 0.700. The van der Waals surface area contributed by atoms with Crippen LogP contribution in [0.2, 0.25) is 0 Å². The molecule has 1 aliphatic heterocycles. The second-order valence-electron chi connectivity index (χ2n) is 8.03. The molecule has 7 heteroatoms. The first-order valence-electron chi connectivity index (χ1n) is 10.8. The summed E-state index contributed by atoms with van der Waals surface area (Å²) in [5.41, 5.74) is 4.18. The Hall–Kier alpha value is -2.93. The van der Waals surface area contributed by atoms with E-state index in [9.17, 15) is 9.18 Å². The number of aryl methyl sites for hydroxylation is 1. The first-order chi connectivity index (χ1) is 15.5. The van der Waals surface area contributed by atoms with Crippen LogP contribution in [-0.4, -0.2) is 25.8 Å². The fourth-order valence-electron chi connectivity index (χ4n) is 3.90. The molecule has 0 bridgehead atoms. The Balaban J connectivity index is 1.65. The van der Waals surface area contributed by atoms with Crippen molar-refractivity contribution in [3.8, 4) is 5.75 Å². The molecule has 32 heavy (non-hydrogen) atoms. The normalized spacial score (nSPS) is 16.1. The van der Waals surface area contributed by atoms with E-state index < -0.39 is 11.7 Å². The second kappa shape index (κ2) is 9.69. The smallest absolute Gasteiger partial charge is 0.252 e. The molecule has 0 atom stereocenters. The molecule has 1 amide bonds. The van der Waals surface area contributed by atoms with E-state index in [-0.39, 0.29) is 5.69 Å². The first kappa shape index (κ1) is 22.3. The number of carbonyl (C=O) groups is 1. The number of halogens is 1. The number of amides is 1. The maximum Gasteiger partial charge on any atom is 0.252 e. The maximum atomic E-state index is 14.2. The highest BCUT2D eigenvalue weighted by molar-refractivity contribution is 8.00. The van der Waals surface area contributed by atoms with Gasteiger partial charge in [0.1, 0.15) is 17.3 Å². The summed E-state index contributed by atoms with van der Waals surface area (Å²) < 4.78 is 22.9. The van der Waals surface area contributed by atoms with Crippen LogP contribution in [0.15, 0.2) is 60.0 Å². The highest BCUT2D eigenvalue weighted by Crippen LogP contribution is 2.43. The van der Waals surface area contributed by atoms with Crippen molar-refractivity contribution < 1.29 is 13.9 Å². The Morgan fingerprint density at radius 2 is 2.09 bits per heavy atom. The van der Waals surface area contributed by atoms with Gasteiger partial charge in [-0.3, -0.25) is 4.79 Å². The molecule has 2 N–H and O–H groups in total. The molecule has 5 nitrogen and oxygen atoms in total. The van der Waals surface area contributed by atoms with Crippen LogP contribution in [0.1, 0.15) is 24.0 Å². The topological polar surface area (TPSA) is 53.6 Å². The number of nitrogens with zero attached hydrogens (tertiary/aromatic N) is 1. The van der Waals surface area contributed by atoms with E-state index in [4.69, 9.17) is 4.74 Å². The van der Waals surface area contributed by atoms with Gasteiger partial charge in [0.25, 0.3) is 5.91 Å². The minimum absolute atomic E-state index is 0.151. The van der Waals surface area contributed by atoms with Crippen molar-refractivity contribution in [2.45, 2.75) is 26.2 Å². The van der Waals surface area contributed by atoms with Crippen molar-refractivity contribution >= 4 is 29.2 Å². The number of carbonyl (C=O) groups excluding carboxylic acids is 1. The van der Waals surface area contributed by atoms with E-state index in [0.717, 1.165) is 53.9 Å². The van der Waals surface area contributed by atoms with Crippen molar-refractivity contribution in [2.24, 2.45) is 5.92 Å². The lowest BCUT2D eigenvalue weighted by Crippen LogP contribution is -2.14. The van der Waals surface area contributed by atoms with Crippen LogP contribution in [0.25, 0.3) is 0 Å². The molecule has 2 aromatic carbocycles. The van der Waals surface area contributed by atoms with E-state index in [2.05, 4.69) is 27.3 Å². The Labute approximate surface area is 192 Å². The summed E-state index contributed by atoms with van der Waals surface area (Å²) >= 11 is 1.69. The molecule has 1 aliphatic carbocycles. The lowest BCUT2D eigenvalue weighted by atomic mass is 10.1. The zero-order chi connectivity index (χ0) is 22.7. The molecule has 168 valence electrons.